The third kappa shape index (κ3) is 5.66. The van der Waals surface area contributed by atoms with Crippen LogP contribution < -0.4 is 10.6 Å². The summed E-state index contributed by atoms with van der Waals surface area (Å²) in [5, 5.41) is 11.6. The monoisotopic (exact) mass is 627 g/mol. The predicted molar refractivity (Wildman–Crippen MR) is 161 cm³/mol. The van der Waals surface area contributed by atoms with Crippen LogP contribution in [0.3, 0.4) is 0 Å². The first-order valence-electron chi connectivity index (χ1n) is 13.2. The first-order valence-corrected chi connectivity index (χ1v) is 15.0. The standard InChI is InChI=1S/C32H26Cl2F3N3OS/c1-17-12-18(2)23(13-19(17)16-42-28-14-21(33)8-11-25(28)34)29-24(15-38)31(39)40(26-4-3-5-27(41)30(26)29)22-9-6-20(7-10-22)32(35,36)37/h6-14,29H,3-5,16,39H2,1-2H3. The van der Waals surface area contributed by atoms with E-state index in [2.05, 4.69) is 6.07 Å². The van der Waals surface area contributed by atoms with Gasteiger partial charge in [0.2, 0.25) is 0 Å². The third-order valence-electron chi connectivity index (χ3n) is 7.68. The van der Waals surface area contributed by atoms with Crippen molar-refractivity contribution >= 4 is 46.4 Å². The molecular formula is C32H26Cl2F3N3OS. The van der Waals surface area contributed by atoms with Crippen molar-refractivity contribution in [3.63, 3.8) is 0 Å². The van der Waals surface area contributed by atoms with Gasteiger partial charge in [-0.2, -0.15) is 18.4 Å². The zero-order chi connectivity index (χ0) is 30.3. The normalized spacial score (nSPS) is 17.4. The number of aryl methyl sites for hydroxylation is 2. The molecule has 0 aromatic heterocycles. The number of ketones is 1. The average Bonchev–Trinajstić information content (AvgIpc) is 2.93. The molecule has 0 radical (unpaired) electrons. The summed E-state index contributed by atoms with van der Waals surface area (Å²) < 4.78 is 39.7. The van der Waals surface area contributed by atoms with E-state index in [4.69, 9.17) is 28.9 Å². The lowest BCUT2D eigenvalue weighted by molar-refractivity contribution is -0.137. The molecule has 1 unspecified atom stereocenters. The van der Waals surface area contributed by atoms with Crippen molar-refractivity contribution in [3.05, 3.63) is 115 Å². The highest BCUT2D eigenvalue weighted by molar-refractivity contribution is 7.98. The predicted octanol–water partition coefficient (Wildman–Crippen LogP) is 9.23. The lowest BCUT2D eigenvalue weighted by Gasteiger charge is -2.40. The van der Waals surface area contributed by atoms with E-state index in [-0.39, 0.29) is 17.2 Å². The number of halogens is 5. The molecule has 3 aromatic rings. The molecule has 1 atom stereocenters. The Morgan fingerprint density at radius 3 is 2.43 bits per heavy atom. The summed E-state index contributed by atoms with van der Waals surface area (Å²) in [6, 6.07) is 16.2. The average molecular weight is 629 g/mol. The Hall–Kier alpha value is -3.38. The minimum Gasteiger partial charge on any atom is -0.384 e. The van der Waals surface area contributed by atoms with Gasteiger partial charge in [0, 0.05) is 39.0 Å². The molecule has 1 aliphatic carbocycles. The molecule has 5 rings (SSSR count). The molecule has 1 heterocycles. The fourth-order valence-corrected chi connectivity index (χ4v) is 7.17. The van der Waals surface area contributed by atoms with Crippen molar-refractivity contribution in [1.82, 2.24) is 0 Å². The van der Waals surface area contributed by atoms with E-state index in [1.807, 2.05) is 32.0 Å². The highest BCUT2D eigenvalue weighted by atomic mass is 35.5. The number of nitrogens with zero attached hydrogens (tertiary/aromatic N) is 2. The fraction of sp³-hybridized carbons (Fsp3) is 0.250. The maximum atomic E-state index is 13.5. The molecule has 0 fully saturated rings. The molecule has 216 valence electrons. The summed E-state index contributed by atoms with van der Waals surface area (Å²) in [6.45, 7) is 3.94. The van der Waals surface area contributed by atoms with Crippen molar-refractivity contribution in [1.29, 1.82) is 5.26 Å². The molecule has 4 nitrogen and oxygen atoms in total. The van der Waals surface area contributed by atoms with Gasteiger partial charge in [-0.05, 0) is 91.4 Å². The van der Waals surface area contributed by atoms with Gasteiger partial charge in [0.05, 0.1) is 28.1 Å². The zero-order valence-corrected chi connectivity index (χ0v) is 25.1. The number of alkyl halides is 3. The molecule has 0 bridgehead atoms. The van der Waals surface area contributed by atoms with Crippen LogP contribution in [0.5, 0.6) is 0 Å². The molecule has 2 aliphatic rings. The number of thioether (sulfide) groups is 1. The Kier molecular flexibility index (Phi) is 8.39. The highest BCUT2D eigenvalue weighted by Gasteiger charge is 2.41. The number of Topliss-reactive ketones (excluding diaryl/α,β-unsaturated/α-hetero) is 1. The van der Waals surface area contributed by atoms with Crippen molar-refractivity contribution < 1.29 is 18.0 Å². The van der Waals surface area contributed by atoms with Gasteiger partial charge in [-0.25, -0.2) is 0 Å². The van der Waals surface area contributed by atoms with Gasteiger partial charge in [0.1, 0.15) is 5.82 Å². The number of anilines is 1. The first-order chi connectivity index (χ1) is 19.9. The Bertz CT molecular complexity index is 1690. The second-order valence-electron chi connectivity index (χ2n) is 10.4. The molecule has 0 amide bonds. The molecule has 2 N–H and O–H groups in total. The van der Waals surface area contributed by atoms with E-state index >= 15 is 0 Å². The largest absolute Gasteiger partial charge is 0.416 e. The lowest BCUT2D eigenvalue weighted by atomic mass is 9.74. The van der Waals surface area contributed by atoms with E-state index in [0.29, 0.717) is 52.0 Å². The number of allylic oxidation sites excluding steroid dienone is 3. The van der Waals surface area contributed by atoms with Crippen molar-refractivity contribution in [2.45, 2.75) is 55.9 Å². The van der Waals surface area contributed by atoms with E-state index < -0.39 is 17.7 Å². The number of hydrogen-bond acceptors (Lipinski definition) is 5. The van der Waals surface area contributed by atoms with Crippen LogP contribution in [-0.4, -0.2) is 5.78 Å². The fourth-order valence-electron chi connectivity index (χ4n) is 5.62. The van der Waals surface area contributed by atoms with Gasteiger partial charge in [0.25, 0.3) is 0 Å². The molecule has 42 heavy (non-hydrogen) atoms. The van der Waals surface area contributed by atoms with Gasteiger partial charge in [-0.15, -0.1) is 11.8 Å². The van der Waals surface area contributed by atoms with Gasteiger partial charge in [-0.3, -0.25) is 9.69 Å². The van der Waals surface area contributed by atoms with Crippen LogP contribution >= 0.6 is 35.0 Å². The van der Waals surface area contributed by atoms with E-state index in [0.717, 1.165) is 39.3 Å². The Balaban J connectivity index is 1.61. The number of carbonyl (C=O) groups is 1. The van der Waals surface area contributed by atoms with E-state index in [1.54, 1.807) is 17.0 Å². The van der Waals surface area contributed by atoms with Crippen LogP contribution in [0.15, 0.2) is 82.2 Å². The van der Waals surface area contributed by atoms with E-state index in [1.165, 1.54) is 23.9 Å². The van der Waals surface area contributed by atoms with Crippen LogP contribution in [-0.2, 0) is 16.7 Å². The highest BCUT2D eigenvalue weighted by Crippen LogP contribution is 2.48. The minimum absolute atomic E-state index is 0.0972. The first kappa shape index (κ1) is 30.1. The zero-order valence-electron chi connectivity index (χ0n) is 22.8. The SMILES string of the molecule is Cc1cc(C)c(C2C(C#N)=C(N)N(c3ccc(C(F)(F)F)cc3)C3=C2C(=O)CCC3)cc1CSc1cc(Cl)ccc1Cl. The number of nitriles is 1. The van der Waals surface area contributed by atoms with Crippen LogP contribution in [0.4, 0.5) is 18.9 Å². The Morgan fingerprint density at radius 2 is 1.76 bits per heavy atom. The summed E-state index contributed by atoms with van der Waals surface area (Å²) in [6.07, 6.45) is -3.10. The van der Waals surface area contributed by atoms with E-state index in [9.17, 15) is 23.2 Å². The number of rotatable bonds is 5. The smallest absolute Gasteiger partial charge is 0.384 e. The number of nitrogens with two attached hydrogens (primary N) is 1. The topological polar surface area (TPSA) is 70.1 Å². The summed E-state index contributed by atoms with van der Waals surface area (Å²) in [5.41, 5.74) is 11.2. The lowest BCUT2D eigenvalue weighted by Crippen LogP contribution is -2.39. The summed E-state index contributed by atoms with van der Waals surface area (Å²) in [4.78, 5) is 16.0. The second-order valence-corrected chi connectivity index (χ2v) is 12.2. The number of hydrogen-bond donors (Lipinski definition) is 1. The summed E-state index contributed by atoms with van der Waals surface area (Å²) in [5.74, 6) is -0.107. The summed E-state index contributed by atoms with van der Waals surface area (Å²) >= 11 is 14.1. The van der Waals surface area contributed by atoms with Crippen LogP contribution in [0, 0.1) is 25.2 Å². The number of carbonyl (C=O) groups excluding carboxylic acids is 1. The van der Waals surface area contributed by atoms with Crippen molar-refractivity contribution in [2.24, 2.45) is 5.73 Å². The minimum atomic E-state index is -4.49. The van der Waals surface area contributed by atoms with Gasteiger partial charge < -0.3 is 5.73 Å². The molecule has 1 aliphatic heterocycles. The number of benzene rings is 3. The van der Waals surface area contributed by atoms with Crippen LogP contribution in [0.2, 0.25) is 10.0 Å². The van der Waals surface area contributed by atoms with Gasteiger partial charge in [-0.1, -0.05) is 35.3 Å². The van der Waals surface area contributed by atoms with Crippen LogP contribution in [0.25, 0.3) is 0 Å². The van der Waals surface area contributed by atoms with Crippen molar-refractivity contribution in [2.75, 3.05) is 4.90 Å². The quantitative estimate of drug-likeness (QED) is 0.285. The molecular weight excluding hydrogens is 602 g/mol. The Labute approximate surface area is 256 Å². The molecule has 3 aromatic carbocycles. The molecule has 0 saturated heterocycles. The van der Waals surface area contributed by atoms with Gasteiger partial charge in [0.15, 0.2) is 5.78 Å². The molecule has 0 saturated carbocycles. The van der Waals surface area contributed by atoms with Crippen molar-refractivity contribution in [3.8, 4) is 6.07 Å². The van der Waals surface area contributed by atoms with Crippen LogP contribution in [0.1, 0.15) is 53.0 Å². The maximum Gasteiger partial charge on any atom is 0.416 e. The summed E-state index contributed by atoms with van der Waals surface area (Å²) in [7, 11) is 0. The van der Waals surface area contributed by atoms with Gasteiger partial charge >= 0.3 is 6.18 Å². The molecule has 10 heteroatoms. The Morgan fingerprint density at radius 1 is 1.05 bits per heavy atom. The maximum absolute atomic E-state index is 13.5. The second kappa shape index (κ2) is 11.7. The molecule has 0 spiro atoms. The third-order valence-corrected chi connectivity index (χ3v) is 9.46.